The molecule has 8 atom stereocenters. The highest BCUT2D eigenvalue weighted by atomic mass is 16.7. The summed E-state index contributed by atoms with van der Waals surface area (Å²) in [6.45, 7) is 11.4. The van der Waals surface area contributed by atoms with Crippen molar-refractivity contribution in [3.8, 4) is 0 Å². The number of rotatable bonds is 1. The van der Waals surface area contributed by atoms with Gasteiger partial charge in [-0.3, -0.25) is 0 Å². The molecule has 3 aliphatic heterocycles. The number of hydrogen-bond donors (Lipinski definition) is 1. The lowest BCUT2D eigenvalue weighted by molar-refractivity contribution is -0.360. The SMILES string of the molecule is CC(C)[C@]1(O)CC[C@]2(C)CC3[C@@]4(C)CC[C@@H]5O[C@@]3(CC21)[C@]5(C)O4. The van der Waals surface area contributed by atoms with Crippen LogP contribution in [0.3, 0.4) is 0 Å². The van der Waals surface area contributed by atoms with E-state index < -0.39 is 5.60 Å². The predicted octanol–water partition coefficient (Wildman–Crippen LogP) is 3.68. The zero-order chi connectivity index (χ0) is 16.5. The average Bonchev–Trinajstić information content (AvgIpc) is 2.71. The standard InChI is InChI=1S/C20H32O3/c1-12(2)19(21)9-8-16(3)10-14-17(4)7-6-15-18(5,23-17)20(14,22-15)11-13(16)19/h12-15,21H,6-11H2,1-5H3/t13?,14?,15-,16+,17+,18+,19+,20+/m0/s1. The van der Waals surface area contributed by atoms with Gasteiger partial charge in [0.05, 0.1) is 17.3 Å². The van der Waals surface area contributed by atoms with Gasteiger partial charge in [0, 0.05) is 5.92 Å². The molecule has 1 spiro atoms. The molecule has 130 valence electrons. The van der Waals surface area contributed by atoms with E-state index in [1.165, 1.54) is 0 Å². The summed E-state index contributed by atoms with van der Waals surface area (Å²) in [5.41, 5.74) is -0.568. The van der Waals surface area contributed by atoms with Crippen molar-refractivity contribution in [3.63, 3.8) is 0 Å². The molecule has 5 rings (SSSR count). The van der Waals surface area contributed by atoms with Gasteiger partial charge in [-0.1, -0.05) is 20.8 Å². The van der Waals surface area contributed by atoms with Gasteiger partial charge in [0.2, 0.25) is 0 Å². The van der Waals surface area contributed by atoms with Gasteiger partial charge in [-0.15, -0.1) is 0 Å². The van der Waals surface area contributed by atoms with Gasteiger partial charge < -0.3 is 14.6 Å². The fraction of sp³-hybridized carbons (Fsp3) is 1.00. The summed E-state index contributed by atoms with van der Waals surface area (Å²) in [6, 6.07) is 0. The van der Waals surface area contributed by atoms with E-state index in [0.29, 0.717) is 17.8 Å². The van der Waals surface area contributed by atoms with Gasteiger partial charge in [-0.25, -0.2) is 0 Å². The molecule has 0 aromatic carbocycles. The summed E-state index contributed by atoms with van der Waals surface area (Å²) in [5.74, 6) is 1.15. The van der Waals surface area contributed by atoms with Crippen molar-refractivity contribution < 1.29 is 14.6 Å². The predicted molar refractivity (Wildman–Crippen MR) is 88.1 cm³/mol. The van der Waals surface area contributed by atoms with Gasteiger partial charge >= 0.3 is 0 Å². The molecule has 5 fully saturated rings. The van der Waals surface area contributed by atoms with E-state index in [2.05, 4.69) is 34.6 Å². The number of hydrogen-bond acceptors (Lipinski definition) is 3. The number of fused-ring (bicyclic) bond motifs is 3. The first-order valence-electron chi connectivity index (χ1n) is 9.70. The Morgan fingerprint density at radius 1 is 1.00 bits per heavy atom. The van der Waals surface area contributed by atoms with E-state index >= 15 is 0 Å². The maximum Gasteiger partial charge on any atom is 0.121 e. The molecule has 3 heteroatoms. The molecule has 2 unspecified atom stereocenters. The fourth-order valence-electron chi connectivity index (χ4n) is 7.64. The van der Waals surface area contributed by atoms with Crippen molar-refractivity contribution in [2.24, 2.45) is 23.2 Å². The second-order valence-corrected chi connectivity index (χ2v) is 10.4. The minimum absolute atomic E-state index is 0.0196. The van der Waals surface area contributed by atoms with Crippen molar-refractivity contribution in [1.82, 2.24) is 0 Å². The molecule has 2 saturated carbocycles. The molecule has 3 nitrogen and oxygen atoms in total. The third-order valence-electron chi connectivity index (χ3n) is 9.17. The molecule has 3 heterocycles. The van der Waals surface area contributed by atoms with E-state index in [9.17, 15) is 5.11 Å². The molecule has 23 heavy (non-hydrogen) atoms. The average molecular weight is 320 g/mol. The van der Waals surface area contributed by atoms with Crippen LogP contribution in [0.5, 0.6) is 0 Å². The smallest absolute Gasteiger partial charge is 0.121 e. The van der Waals surface area contributed by atoms with Crippen molar-refractivity contribution >= 4 is 0 Å². The normalized spacial score (nSPS) is 66.1. The zero-order valence-corrected chi connectivity index (χ0v) is 15.3. The highest BCUT2D eigenvalue weighted by Gasteiger charge is 2.83. The molecular formula is C20H32O3. The topological polar surface area (TPSA) is 38.7 Å². The van der Waals surface area contributed by atoms with Gasteiger partial charge in [0.1, 0.15) is 11.2 Å². The van der Waals surface area contributed by atoms with Crippen LogP contribution in [-0.4, -0.2) is 33.6 Å². The van der Waals surface area contributed by atoms with Crippen molar-refractivity contribution in [3.05, 3.63) is 0 Å². The molecule has 2 aliphatic carbocycles. The lowest BCUT2D eigenvalue weighted by Crippen LogP contribution is -2.75. The van der Waals surface area contributed by atoms with Crippen LogP contribution in [0.15, 0.2) is 0 Å². The van der Waals surface area contributed by atoms with Gasteiger partial charge in [-0.2, -0.15) is 0 Å². The van der Waals surface area contributed by atoms with Gasteiger partial charge in [-0.05, 0) is 69.6 Å². The quantitative estimate of drug-likeness (QED) is 0.801. The summed E-state index contributed by atoms with van der Waals surface area (Å²) in [5, 5.41) is 11.5. The largest absolute Gasteiger partial charge is 0.389 e. The molecule has 0 amide bonds. The molecule has 0 aromatic heterocycles. The summed E-state index contributed by atoms with van der Waals surface area (Å²) in [6.07, 6.45) is 6.80. The van der Waals surface area contributed by atoms with Crippen LogP contribution in [-0.2, 0) is 9.47 Å². The van der Waals surface area contributed by atoms with Gasteiger partial charge in [0.25, 0.3) is 0 Å². The maximum atomic E-state index is 11.5. The third kappa shape index (κ3) is 1.39. The molecule has 1 N–H and O–H groups in total. The van der Waals surface area contributed by atoms with Crippen LogP contribution >= 0.6 is 0 Å². The summed E-state index contributed by atoms with van der Waals surface area (Å²) < 4.78 is 13.3. The maximum absolute atomic E-state index is 11.5. The lowest BCUT2D eigenvalue weighted by Gasteiger charge is -2.64. The minimum atomic E-state index is -0.531. The van der Waals surface area contributed by atoms with Crippen molar-refractivity contribution in [2.75, 3.05) is 0 Å². The third-order valence-corrected chi connectivity index (χ3v) is 9.17. The Kier molecular flexibility index (Phi) is 2.53. The Balaban J connectivity index is 1.61. The van der Waals surface area contributed by atoms with Gasteiger partial charge in [0.15, 0.2) is 0 Å². The van der Waals surface area contributed by atoms with Crippen LogP contribution in [0.1, 0.15) is 73.1 Å². The van der Waals surface area contributed by atoms with E-state index in [1.54, 1.807) is 0 Å². The molecule has 5 aliphatic rings. The fourth-order valence-corrected chi connectivity index (χ4v) is 7.64. The van der Waals surface area contributed by atoms with Crippen LogP contribution < -0.4 is 0 Å². The Bertz CT molecular complexity index is 575. The summed E-state index contributed by atoms with van der Waals surface area (Å²) in [4.78, 5) is 0. The molecule has 0 aromatic rings. The monoisotopic (exact) mass is 320 g/mol. The molecule has 2 bridgehead atoms. The number of aliphatic hydroxyl groups is 1. The first kappa shape index (κ1) is 15.2. The Morgan fingerprint density at radius 2 is 1.74 bits per heavy atom. The van der Waals surface area contributed by atoms with Crippen LogP contribution in [0.4, 0.5) is 0 Å². The number of ether oxygens (including phenoxy) is 2. The summed E-state index contributed by atoms with van der Waals surface area (Å²) >= 11 is 0. The van der Waals surface area contributed by atoms with Crippen molar-refractivity contribution in [1.29, 1.82) is 0 Å². The van der Waals surface area contributed by atoms with Crippen LogP contribution in [0, 0.1) is 23.2 Å². The van der Waals surface area contributed by atoms with Crippen LogP contribution in [0.2, 0.25) is 0 Å². The second-order valence-electron chi connectivity index (χ2n) is 10.4. The van der Waals surface area contributed by atoms with Crippen molar-refractivity contribution in [2.45, 2.75) is 102 Å². The first-order chi connectivity index (χ1) is 10.6. The lowest BCUT2D eigenvalue weighted by atomic mass is 9.51. The van der Waals surface area contributed by atoms with E-state index in [4.69, 9.17) is 9.47 Å². The minimum Gasteiger partial charge on any atom is -0.389 e. The molecule has 3 saturated heterocycles. The first-order valence-corrected chi connectivity index (χ1v) is 9.70. The van der Waals surface area contributed by atoms with Crippen LogP contribution in [0.25, 0.3) is 0 Å². The Labute approximate surface area is 140 Å². The Morgan fingerprint density at radius 3 is 2.43 bits per heavy atom. The molecule has 0 radical (unpaired) electrons. The highest BCUT2D eigenvalue weighted by molar-refractivity contribution is 5.31. The second kappa shape index (κ2) is 3.83. The van der Waals surface area contributed by atoms with E-state index in [0.717, 1.165) is 38.5 Å². The molecular weight excluding hydrogens is 288 g/mol. The highest BCUT2D eigenvalue weighted by Crippen LogP contribution is 2.75. The van der Waals surface area contributed by atoms with E-state index in [-0.39, 0.29) is 28.3 Å². The zero-order valence-electron chi connectivity index (χ0n) is 15.3. The summed E-state index contributed by atoms with van der Waals surface area (Å²) in [7, 11) is 0. The van der Waals surface area contributed by atoms with E-state index in [1.807, 2.05) is 0 Å². The Hall–Kier alpha value is -0.120.